The highest BCUT2D eigenvalue weighted by molar-refractivity contribution is 7.47. The van der Waals surface area contributed by atoms with Crippen molar-refractivity contribution in [3.8, 4) is 0 Å². The molecule has 0 aliphatic heterocycles. The molecule has 0 aliphatic carbocycles. The average molecular weight is 1260 g/mol. The standard InChI is InChI=1S/C69H114O16P2/c1-4-7-10-13-16-19-22-24-26-28-29-30-31-32-33-35-37-38-41-43-46-49-52-55-67(72)79-58-64(70)59-81-86(75,76)82-60-65(71)61-83-87(77,78)84-63-66(85-69(74)57-54-51-48-45-40-21-18-15-12-9-6-3)62-80-68(73)56-53-50-47-44-42-39-36-34-27-25-23-20-17-14-11-8-5-2/h7-8,10-11,15-20,24-27,29-30,32-33,36-39,64-66,70-71H,4-6,9,12-14,21-23,28,31,34-35,40-63H2,1-3H3,(H,75,76)(H,77,78)/b10-7-,11-8-,18-15-,19-16-,20-17-,26-24-,27-25-,30-29-,33-32-,38-37-,39-36-. The number of carbonyl (C=O) groups excluding carboxylic acids is 3. The Bertz CT molecular complexity index is 2120. The molecule has 0 saturated carbocycles. The van der Waals surface area contributed by atoms with Crippen molar-refractivity contribution < 1.29 is 75.8 Å². The topological polar surface area (TPSA) is 231 Å². The first kappa shape index (κ1) is 82.7. The molecule has 496 valence electrons. The van der Waals surface area contributed by atoms with Crippen LogP contribution in [0.5, 0.6) is 0 Å². The van der Waals surface area contributed by atoms with Crippen molar-refractivity contribution in [1.29, 1.82) is 0 Å². The zero-order valence-electron chi connectivity index (χ0n) is 53.4. The van der Waals surface area contributed by atoms with E-state index in [0.29, 0.717) is 19.3 Å². The lowest BCUT2D eigenvalue weighted by Crippen LogP contribution is -2.30. The summed E-state index contributed by atoms with van der Waals surface area (Å²) in [5, 5.41) is 20.5. The molecule has 0 aromatic carbocycles. The van der Waals surface area contributed by atoms with E-state index in [-0.39, 0.29) is 19.3 Å². The predicted molar refractivity (Wildman–Crippen MR) is 353 cm³/mol. The summed E-state index contributed by atoms with van der Waals surface area (Å²) in [6.45, 7) is 2.29. The first-order chi connectivity index (χ1) is 42.2. The largest absolute Gasteiger partial charge is 0.472 e. The molecule has 0 bridgehead atoms. The van der Waals surface area contributed by atoms with Crippen LogP contribution >= 0.6 is 15.6 Å². The third-order valence-electron chi connectivity index (χ3n) is 12.8. The number of rotatable bonds is 60. The van der Waals surface area contributed by atoms with Crippen LogP contribution in [0.15, 0.2) is 134 Å². The fourth-order valence-corrected chi connectivity index (χ4v) is 9.48. The maximum Gasteiger partial charge on any atom is 0.472 e. The van der Waals surface area contributed by atoms with Gasteiger partial charge in [-0.25, -0.2) is 9.13 Å². The lowest BCUT2D eigenvalue weighted by Gasteiger charge is -2.21. The van der Waals surface area contributed by atoms with Gasteiger partial charge in [-0.2, -0.15) is 0 Å². The van der Waals surface area contributed by atoms with Gasteiger partial charge in [-0.15, -0.1) is 0 Å². The summed E-state index contributed by atoms with van der Waals surface area (Å²) in [7, 11) is -9.79. The molecular formula is C69H114O16P2. The number of unbranched alkanes of at least 4 members (excludes halogenated alkanes) is 15. The molecule has 0 amide bonds. The van der Waals surface area contributed by atoms with E-state index in [2.05, 4.69) is 154 Å². The van der Waals surface area contributed by atoms with E-state index in [4.69, 9.17) is 32.3 Å². The second-order valence-electron chi connectivity index (χ2n) is 21.1. The second-order valence-corrected chi connectivity index (χ2v) is 24.1. The Morgan fingerprint density at radius 3 is 0.977 bits per heavy atom. The normalized spacial score (nSPS) is 15.2. The summed E-state index contributed by atoms with van der Waals surface area (Å²) in [5.41, 5.74) is 0. The van der Waals surface area contributed by atoms with Crippen molar-refractivity contribution in [3.05, 3.63) is 134 Å². The molecule has 4 N–H and O–H groups in total. The van der Waals surface area contributed by atoms with Gasteiger partial charge in [0.1, 0.15) is 25.4 Å². The minimum absolute atomic E-state index is 0.0840. The van der Waals surface area contributed by atoms with Crippen LogP contribution in [0.3, 0.4) is 0 Å². The van der Waals surface area contributed by atoms with Crippen LogP contribution in [-0.2, 0) is 55.8 Å². The quantitative estimate of drug-likeness (QED) is 0.0146. The molecule has 0 aromatic heterocycles. The molecular weight excluding hydrogens is 1150 g/mol. The van der Waals surface area contributed by atoms with Gasteiger partial charge in [-0.1, -0.05) is 212 Å². The number of aliphatic hydroxyl groups excluding tert-OH is 2. The highest BCUT2D eigenvalue weighted by Crippen LogP contribution is 2.45. The van der Waals surface area contributed by atoms with E-state index in [1.54, 1.807) is 0 Å². The molecule has 16 nitrogen and oxygen atoms in total. The van der Waals surface area contributed by atoms with Crippen molar-refractivity contribution in [2.45, 2.75) is 245 Å². The average Bonchev–Trinajstić information content (AvgIpc) is 3.57. The lowest BCUT2D eigenvalue weighted by molar-refractivity contribution is -0.161. The Morgan fingerprint density at radius 1 is 0.333 bits per heavy atom. The summed E-state index contributed by atoms with van der Waals surface area (Å²) in [4.78, 5) is 58.2. The van der Waals surface area contributed by atoms with E-state index < -0.39 is 91.5 Å². The van der Waals surface area contributed by atoms with Crippen LogP contribution in [0, 0.1) is 0 Å². The van der Waals surface area contributed by atoms with Crippen LogP contribution < -0.4 is 0 Å². The molecule has 0 aromatic rings. The number of esters is 3. The van der Waals surface area contributed by atoms with Gasteiger partial charge in [-0.3, -0.25) is 32.5 Å². The monoisotopic (exact) mass is 1260 g/mol. The summed E-state index contributed by atoms with van der Waals surface area (Å²) in [6, 6.07) is 0. The van der Waals surface area contributed by atoms with E-state index in [1.165, 1.54) is 12.8 Å². The number of phosphoric ester groups is 2. The molecule has 0 spiro atoms. The first-order valence-electron chi connectivity index (χ1n) is 32.5. The Balaban J connectivity index is 4.63. The molecule has 0 saturated heterocycles. The third kappa shape index (κ3) is 63.1. The Kier molecular flexibility index (Phi) is 58.8. The van der Waals surface area contributed by atoms with Gasteiger partial charge >= 0.3 is 33.6 Å². The number of allylic oxidation sites excluding steroid dienone is 22. The number of hydrogen-bond donors (Lipinski definition) is 4. The molecule has 0 rings (SSSR count). The molecule has 5 atom stereocenters. The van der Waals surface area contributed by atoms with Crippen molar-refractivity contribution in [2.24, 2.45) is 0 Å². The van der Waals surface area contributed by atoms with Gasteiger partial charge in [0.2, 0.25) is 0 Å². The minimum Gasteiger partial charge on any atom is -0.463 e. The fraction of sp³-hybridized carbons (Fsp3) is 0.638. The van der Waals surface area contributed by atoms with Gasteiger partial charge < -0.3 is 34.2 Å². The highest BCUT2D eigenvalue weighted by atomic mass is 31.2. The van der Waals surface area contributed by atoms with E-state index in [9.17, 15) is 43.5 Å². The SMILES string of the molecule is CC/C=C\C/C=C\C/C=C\C/C=C\C/C=C\C/C=C\CCCCCCC(=O)OCC(O)COP(=O)(O)OCC(O)COP(=O)(O)OCC(COC(=O)CCCCCC/C=C\C/C=C\C/C=C\C/C=C\CC)OC(=O)CCCCCCC/C=C\CCCC. The van der Waals surface area contributed by atoms with E-state index >= 15 is 0 Å². The number of aliphatic hydroxyl groups is 2. The molecule has 87 heavy (non-hydrogen) atoms. The molecule has 18 heteroatoms. The van der Waals surface area contributed by atoms with Gasteiger partial charge in [0, 0.05) is 19.3 Å². The Labute approximate surface area is 525 Å². The van der Waals surface area contributed by atoms with Crippen LogP contribution in [0.25, 0.3) is 0 Å². The molecule has 0 fully saturated rings. The van der Waals surface area contributed by atoms with Crippen LogP contribution in [0.2, 0.25) is 0 Å². The second kappa shape index (κ2) is 61.9. The first-order valence-corrected chi connectivity index (χ1v) is 35.5. The summed E-state index contributed by atoms with van der Waals surface area (Å²) >= 11 is 0. The van der Waals surface area contributed by atoms with Crippen molar-refractivity contribution >= 4 is 33.6 Å². The van der Waals surface area contributed by atoms with Crippen LogP contribution in [0.1, 0.15) is 226 Å². The molecule has 0 aliphatic rings. The fourth-order valence-electron chi connectivity index (χ4n) is 7.90. The van der Waals surface area contributed by atoms with Gasteiger partial charge in [0.25, 0.3) is 0 Å². The Hall–Kier alpha value is -4.31. The number of hydrogen-bond acceptors (Lipinski definition) is 14. The predicted octanol–water partition coefficient (Wildman–Crippen LogP) is 17.6. The third-order valence-corrected chi connectivity index (χ3v) is 14.7. The van der Waals surface area contributed by atoms with Crippen molar-refractivity contribution in [1.82, 2.24) is 0 Å². The number of ether oxygens (including phenoxy) is 3. The number of phosphoric acid groups is 2. The minimum atomic E-state index is -4.93. The zero-order chi connectivity index (χ0) is 63.8. The molecule has 0 heterocycles. The maximum atomic E-state index is 12.8. The van der Waals surface area contributed by atoms with Crippen molar-refractivity contribution in [2.75, 3.05) is 39.6 Å². The van der Waals surface area contributed by atoms with Crippen LogP contribution in [0.4, 0.5) is 0 Å². The van der Waals surface area contributed by atoms with E-state index in [0.717, 1.165) is 154 Å². The number of carbonyl (C=O) groups is 3. The van der Waals surface area contributed by atoms with E-state index in [1.807, 2.05) is 0 Å². The molecule has 5 unspecified atom stereocenters. The summed E-state index contributed by atoms with van der Waals surface area (Å²) in [6.07, 6.45) is 70.9. The maximum absolute atomic E-state index is 12.8. The summed E-state index contributed by atoms with van der Waals surface area (Å²) < 4.78 is 60.7. The summed E-state index contributed by atoms with van der Waals surface area (Å²) in [5.74, 6) is -1.65. The van der Waals surface area contributed by atoms with Gasteiger partial charge in [0.05, 0.1) is 26.4 Å². The smallest absolute Gasteiger partial charge is 0.463 e. The lowest BCUT2D eigenvalue weighted by atomic mass is 10.1. The van der Waals surface area contributed by atoms with Crippen LogP contribution in [-0.4, -0.2) is 95.9 Å². The Morgan fingerprint density at radius 2 is 0.609 bits per heavy atom. The molecule has 0 radical (unpaired) electrons. The highest BCUT2D eigenvalue weighted by Gasteiger charge is 2.29. The van der Waals surface area contributed by atoms with Crippen molar-refractivity contribution in [3.63, 3.8) is 0 Å². The van der Waals surface area contributed by atoms with Gasteiger partial charge in [-0.05, 0) is 128 Å². The zero-order valence-corrected chi connectivity index (χ0v) is 55.2. The van der Waals surface area contributed by atoms with Gasteiger partial charge in [0.15, 0.2) is 6.10 Å².